The molecule has 2 rings (SSSR count). The van der Waals surface area contributed by atoms with Crippen molar-refractivity contribution in [1.29, 1.82) is 0 Å². The quantitative estimate of drug-likeness (QED) is 0.872. The van der Waals surface area contributed by atoms with Gasteiger partial charge in [-0.05, 0) is 23.6 Å². The van der Waals surface area contributed by atoms with E-state index in [1.54, 1.807) is 0 Å². The Balaban J connectivity index is 2.12. The Morgan fingerprint density at radius 3 is 2.71 bits per heavy atom. The highest BCUT2D eigenvalue weighted by Crippen LogP contribution is 2.34. The SMILES string of the molecule is COC(=O)C1CC(Oc2ccc(Cl)cc2C(C)(C)C)CN1. The van der Waals surface area contributed by atoms with Crippen molar-refractivity contribution in [2.45, 2.75) is 44.8 Å². The highest BCUT2D eigenvalue weighted by molar-refractivity contribution is 6.30. The molecule has 2 atom stereocenters. The second-order valence-electron chi connectivity index (χ2n) is 6.35. The van der Waals surface area contributed by atoms with Gasteiger partial charge in [-0.1, -0.05) is 32.4 Å². The summed E-state index contributed by atoms with van der Waals surface area (Å²) in [5.74, 6) is 0.581. The Labute approximate surface area is 130 Å². The van der Waals surface area contributed by atoms with Crippen LogP contribution in [0.4, 0.5) is 0 Å². The summed E-state index contributed by atoms with van der Waals surface area (Å²) in [5.41, 5.74) is 1.00. The lowest BCUT2D eigenvalue weighted by Gasteiger charge is -2.25. The van der Waals surface area contributed by atoms with Gasteiger partial charge in [0, 0.05) is 23.6 Å². The minimum absolute atomic E-state index is 0.0450. The summed E-state index contributed by atoms with van der Waals surface area (Å²) in [6.07, 6.45) is 0.565. The van der Waals surface area contributed by atoms with Gasteiger partial charge in [0.2, 0.25) is 0 Å². The van der Waals surface area contributed by atoms with E-state index in [9.17, 15) is 4.79 Å². The summed E-state index contributed by atoms with van der Waals surface area (Å²) < 4.78 is 10.8. The molecule has 21 heavy (non-hydrogen) atoms. The van der Waals surface area contributed by atoms with Gasteiger partial charge in [-0.15, -0.1) is 0 Å². The van der Waals surface area contributed by atoms with Crippen LogP contribution in [-0.4, -0.2) is 31.8 Å². The number of ether oxygens (including phenoxy) is 2. The lowest BCUT2D eigenvalue weighted by Crippen LogP contribution is -2.31. The molecule has 0 spiro atoms. The zero-order valence-corrected chi connectivity index (χ0v) is 13.7. The van der Waals surface area contributed by atoms with Crippen LogP contribution >= 0.6 is 11.6 Å². The van der Waals surface area contributed by atoms with E-state index in [0.717, 1.165) is 11.3 Å². The Hall–Kier alpha value is -1.26. The van der Waals surface area contributed by atoms with Crippen LogP contribution in [0.5, 0.6) is 5.75 Å². The Morgan fingerprint density at radius 2 is 2.10 bits per heavy atom. The fourth-order valence-corrected chi connectivity index (χ4v) is 2.66. The van der Waals surface area contributed by atoms with Gasteiger partial charge in [0.05, 0.1) is 7.11 Å². The standard InChI is InChI=1S/C16H22ClNO3/c1-16(2,3)12-7-10(17)5-6-14(12)21-11-8-13(18-9-11)15(19)20-4/h5-7,11,13,18H,8-9H2,1-4H3. The summed E-state index contributed by atoms with van der Waals surface area (Å²) in [7, 11) is 1.40. The molecule has 1 aromatic rings. The summed E-state index contributed by atoms with van der Waals surface area (Å²) in [6.45, 7) is 6.99. The predicted octanol–water partition coefficient (Wildman–Crippen LogP) is 2.92. The molecule has 2 unspecified atom stereocenters. The third-order valence-corrected chi connectivity index (χ3v) is 3.85. The molecule has 1 N–H and O–H groups in total. The van der Waals surface area contributed by atoms with E-state index in [0.29, 0.717) is 18.0 Å². The smallest absolute Gasteiger partial charge is 0.323 e. The number of carbonyl (C=O) groups excluding carboxylic acids is 1. The molecule has 5 heteroatoms. The van der Waals surface area contributed by atoms with E-state index in [1.165, 1.54) is 7.11 Å². The van der Waals surface area contributed by atoms with Gasteiger partial charge in [0.25, 0.3) is 0 Å². The average Bonchev–Trinajstić information content (AvgIpc) is 2.87. The minimum atomic E-state index is -0.287. The van der Waals surface area contributed by atoms with Crippen LogP contribution in [0.15, 0.2) is 18.2 Å². The minimum Gasteiger partial charge on any atom is -0.489 e. The maximum Gasteiger partial charge on any atom is 0.323 e. The second kappa shape index (κ2) is 6.24. The Bertz CT molecular complexity index is 525. The van der Waals surface area contributed by atoms with Crippen molar-refractivity contribution in [3.8, 4) is 5.75 Å². The number of benzene rings is 1. The van der Waals surface area contributed by atoms with Crippen molar-refractivity contribution in [1.82, 2.24) is 5.32 Å². The Kier molecular flexibility index (Phi) is 4.79. The highest BCUT2D eigenvalue weighted by atomic mass is 35.5. The van der Waals surface area contributed by atoms with Crippen LogP contribution in [-0.2, 0) is 14.9 Å². The molecule has 4 nitrogen and oxygen atoms in total. The van der Waals surface area contributed by atoms with Gasteiger partial charge in [-0.3, -0.25) is 4.79 Å². The van der Waals surface area contributed by atoms with Crippen LogP contribution in [0.2, 0.25) is 5.02 Å². The lowest BCUT2D eigenvalue weighted by molar-refractivity contribution is -0.142. The molecule has 1 aliphatic heterocycles. The molecular formula is C16H22ClNO3. The average molecular weight is 312 g/mol. The first-order valence-electron chi connectivity index (χ1n) is 7.09. The summed E-state index contributed by atoms with van der Waals surface area (Å²) >= 11 is 6.09. The number of methoxy groups -OCH3 is 1. The first-order chi connectivity index (χ1) is 9.81. The molecule has 0 amide bonds. The van der Waals surface area contributed by atoms with Crippen LogP contribution in [0, 0.1) is 0 Å². The molecule has 1 heterocycles. The molecular weight excluding hydrogens is 290 g/mol. The fraction of sp³-hybridized carbons (Fsp3) is 0.562. The van der Waals surface area contributed by atoms with Crippen molar-refractivity contribution in [3.63, 3.8) is 0 Å². The number of rotatable bonds is 3. The first kappa shape index (κ1) is 16.1. The van der Waals surface area contributed by atoms with Gasteiger partial charge in [0.1, 0.15) is 17.9 Å². The van der Waals surface area contributed by atoms with Crippen molar-refractivity contribution in [3.05, 3.63) is 28.8 Å². The van der Waals surface area contributed by atoms with E-state index in [1.807, 2.05) is 18.2 Å². The molecule has 116 valence electrons. The molecule has 0 aliphatic carbocycles. The molecule has 1 fully saturated rings. The third kappa shape index (κ3) is 3.89. The first-order valence-corrected chi connectivity index (χ1v) is 7.47. The number of hydrogen-bond donors (Lipinski definition) is 1. The van der Waals surface area contributed by atoms with Gasteiger partial charge >= 0.3 is 5.97 Å². The predicted molar refractivity (Wildman–Crippen MR) is 83.0 cm³/mol. The topological polar surface area (TPSA) is 47.6 Å². The normalized spacial score (nSPS) is 22.1. The summed E-state index contributed by atoms with van der Waals surface area (Å²) in [5, 5.41) is 3.82. The largest absolute Gasteiger partial charge is 0.489 e. The summed E-state index contributed by atoms with van der Waals surface area (Å²) in [4.78, 5) is 11.5. The van der Waals surface area contributed by atoms with Gasteiger partial charge in [0.15, 0.2) is 0 Å². The number of halogens is 1. The molecule has 0 radical (unpaired) electrons. The van der Waals surface area contributed by atoms with Crippen molar-refractivity contribution in [2.75, 3.05) is 13.7 Å². The Morgan fingerprint density at radius 1 is 1.38 bits per heavy atom. The van der Waals surface area contributed by atoms with Crippen LogP contribution in [0.25, 0.3) is 0 Å². The molecule has 0 aromatic heterocycles. The number of hydrogen-bond acceptors (Lipinski definition) is 4. The van der Waals surface area contributed by atoms with E-state index in [4.69, 9.17) is 21.1 Å². The monoisotopic (exact) mass is 311 g/mol. The molecule has 1 saturated heterocycles. The fourth-order valence-electron chi connectivity index (χ4n) is 2.49. The van der Waals surface area contributed by atoms with E-state index < -0.39 is 0 Å². The summed E-state index contributed by atoms with van der Waals surface area (Å²) in [6, 6.07) is 5.38. The van der Waals surface area contributed by atoms with Crippen LogP contribution in [0.1, 0.15) is 32.8 Å². The van der Waals surface area contributed by atoms with Crippen molar-refractivity contribution >= 4 is 17.6 Å². The number of carbonyl (C=O) groups is 1. The zero-order chi connectivity index (χ0) is 15.6. The van der Waals surface area contributed by atoms with E-state index in [2.05, 4.69) is 26.1 Å². The lowest BCUT2D eigenvalue weighted by atomic mass is 9.86. The molecule has 1 aliphatic rings. The van der Waals surface area contributed by atoms with Crippen molar-refractivity contribution in [2.24, 2.45) is 0 Å². The molecule has 0 saturated carbocycles. The van der Waals surface area contributed by atoms with E-state index >= 15 is 0 Å². The van der Waals surface area contributed by atoms with Crippen LogP contribution in [0.3, 0.4) is 0 Å². The zero-order valence-electron chi connectivity index (χ0n) is 12.9. The van der Waals surface area contributed by atoms with Gasteiger partial charge in [-0.25, -0.2) is 0 Å². The maximum absolute atomic E-state index is 11.5. The number of esters is 1. The van der Waals surface area contributed by atoms with Crippen LogP contribution < -0.4 is 10.1 Å². The van der Waals surface area contributed by atoms with E-state index in [-0.39, 0.29) is 23.5 Å². The van der Waals surface area contributed by atoms with Gasteiger partial charge in [-0.2, -0.15) is 0 Å². The van der Waals surface area contributed by atoms with Gasteiger partial charge < -0.3 is 14.8 Å². The second-order valence-corrected chi connectivity index (χ2v) is 6.79. The molecule has 1 aromatic carbocycles. The third-order valence-electron chi connectivity index (χ3n) is 3.62. The number of nitrogens with one attached hydrogen (secondary N) is 1. The molecule has 0 bridgehead atoms. The highest BCUT2D eigenvalue weighted by Gasteiger charge is 2.32. The van der Waals surface area contributed by atoms with Crippen molar-refractivity contribution < 1.29 is 14.3 Å². The maximum atomic E-state index is 11.5.